The van der Waals surface area contributed by atoms with Crippen LogP contribution >= 0.6 is 0 Å². The van der Waals surface area contributed by atoms with Crippen LogP contribution in [0.25, 0.3) is 0 Å². The van der Waals surface area contributed by atoms with Crippen molar-refractivity contribution in [1.29, 1.82) is 0 Å². The molecule has 0 bridgehead atoms. The summed E-state index contributed by atoms with van der Waals surface area (Å²) in [5.74, 6) is 0.756. The normalized spacial score (nSPS) is 17.4. The summed E-state index contributed by atoms with van der Waals surface area (Å²) in [6.45, 7) is 5.13. The van der Waals surface area contributed by atoms with E-state index in [0.29, 0.717) is 37.8 Å². The Kier molecular flexibility index (Phi) is 8.04. The van der Waals surface area contributed by atoms with E-state index in [0.717, 1.165) is 6.42 Å². The number of anilines is 1. The Morgan fingerprint density at radius 2 is 2.07 bits per heavy atom. The first-order chi connectivity index (χ1) is 13.8. The maximum Gasteiger partial charge on any atom is 0.387 e. The fraction of sp³-hybridized carbons (Fsp3) is 0.600. The number of aliphatic imine (C=N–C) groups is 1. The van der Waals surface area contributed by atoms with Crippen molar-refractivity contribution in [3.8, 4) is 5.75 Å². The highest BCUT2D eigenvalue weighted by Crippen LogP contribution is 2.31. The van der Waals surface area contributed by atoms with Crippen LogP contribution in [0.4, 0.5) is 14.5 Å². The average Bonchev–Trinajstić information content (AvgIpc) is 3.13. The first-order valence-electron chi connectivity index (χ1n) is 9.81. The molecule has 0 aromatic heterocycles. The Balaban J connectivity index is 1.93. The molecule has 0 radical (unpaired) electrons. The summed E-state index contributed by atoms with van der Waals surface area (Å²) < 4.78 is 30.0. The van der Waals surface area contributed by atoms with Gasteiger partial charge >= 0.3 is 6.61 Å². The molecular formula is C20H31F2N5O2. The number of carbonyl (C=O) groups is 1. The van der Waals surface area contributed by atoms with Crippen LogP contribution in [-0.2, 0) is 4.79 Å². The Labute approximate surface area is 170 Å². The van der Waals surface area contributed by atoms with E-state index < -0.39 is 12.0 Å². The summed E-state index contributed by atoms with van der Waals surface area (Å²) in [6.07, 6.45) is 0.823. The quantitative estimate of drug-likeness (QED) is 0.452. The molecule has 1 aromatic rings. The van der Waals surface area contributed by atoms with E-state index in [1.54, 1.807) is 31.3 Å². The van der Waals surface area contributed by atoms with Crippen LogP contribution in [0.5, 0.6) is 5.75 Å². The Morgan fingerprint density at radius 3 is 2.72 bits per heavy atom. The molecule has 162 valence electrons. The summed E-state index contributed by atoms with van der Waals surface area (Å²) in [4.78, 5) is 18.4. The second kappa shape index (κ2) is 10.3. The minimum atomic E-state index is -2.86. The predicted molar refractivity (Wildman–Crippen MR) is 111 cm³/mol. The number of hydrogen-bond donors (Lipinski definition) is 3. The number of alkyl halides is 2. The molecule has 1 aromatic carbocycles. The number of nitrogens with one attached hydrogen (secondary N) is 3. The number of carbonyl (C=O) groups excluding carboxylic acids is 1. The van der Waals surface area contributed by atoms with E-state index in [1.165, 1.54) is 0 Å². The molecule has 3 N–H and O–H groups in total. The first-order valence-corrected chi connectivity index (χ1v) is 9.81. The van der Waals surface area contributed by atoms with Crippen LogP contribution < -0.4 is 25.6 Å². The molecule has 7 nitrogen and oxygen atoms in total. The predicted octanol–water partition coefficient (Wildman–Crippen LogP) is 2.19. The van der Waals surface area contributed by atoms with Crippen molar-refractivity contribution >= 4 is 17.6 Å². The van der Waals surface area contributed by atoms with Gasteiger partial charge in [-0.05, 0) is 39.3 Å². The molecule has 1 amide bonds. The number of ether oxygens (including phenoxy) is 1. The van der Waals surface area contributed by atoms with Gasteiger partial charge < -0.3 is 25.6 Å². The third-order valence-electron chi connectivity index (χ3n) is 4.82. The average molecular weight is 411 g/mol. The minimum Gasteiger partial charge on any atom is -0.433 e. The van der Waals surface area contributed by atoms with Gasteiger partial charge in [-0.3, -0.25) is 9.79 Å². The molecule has 1 atom stereocenters. The van der Waals surface area contributed by atoms with Crippen molar-refractivity contribution < 1.29 is 18.3 Å². The third-order valence-corrected chi connectivity index (χ3v) is 4.82. The Morgan fingerprint density at radius 1 is 1.34 bits per heavy atom. The van der Waals surface area contributed by atoms with Gasteiger partial charge in [-0.25, -0.2) is 0 Å². The fourth-order valence-corrected chi connectivity index (χ4v) is 3.18. The molecule has 9 heteroatoms. The molecular weight excluding hydrogens is 380 g/mol. The van der Waals surface area contributed by atoms with Gasteiger partial charge in [-0.1, -0.05) is 12.1 Å². The topological polar surface area (TPSA) is 78.0 Å². The van der Waals surface area contributed by atoms with E-state index in [9.17, 15) is 13.6 Å². The first kappa shape index (κ1) is 22.7. The molecule has 0 spiro atoms. The number of benzene rings is 1. The SMILES string of the molecule is CCNC(=O)C(C)(C)CNC(=NC)NC1CCN(c2ccccc2OC(F)F)C1. The molecule has 0 aliphatic carbocycles. The number of amides is 1. The summed E-state index contributed by atoms with van der Waals surface area (Å²) in [7, 11) is 1.67. The molecule has 1 heterocycles. The van der Waals surface area contributed by atoms with Crippen molar-refractivity contribution in [3.63, 3.8) is 0 Å². The lowest BCUT2D eigenvalue weighted by Crippen LogP contribution is -2.50. The van der Waals surface area contributed by atoms with Crippen molar-refractivity contribution in [3.05, 3.63) is 24.3 Å². The van der Waals surface area contributed by atoms with Crippen LogP contribution in [-0.4, -0.2) is 57.7 Å². The van der Waals surface area contributed by atoms with Gasteiger partial charge in [0.1, 0.15) is 5.75 Å². The molecule has 1 unspecified atom stereocenters. The second-order valence-electron chi connectivity index (χ2n) is 7.59. The van der Waals surface area contributed by atoms with Gasteiger partial charge in [0.15, 0.2) is 5.96 Å². The van der Waals surface area contributed by atoms with Crippen LogP contribution in [0, 0.1) is 5.41 Å². The van der Waals surface area contributed by atoms with Gasteiger partial charge in [0.05, 0.1) is 11.1 Å². The summed E-state index contributed by atoms with van der Waals surface area (Å²) in [5.41, 5.74) is 0.0679. The largest absolute Gasteiger partial charge is 0.433 e. The van der Waals surface area contributed by atoms with Gasteiger partial charge in [-0.2, -0.15) is 8.78 Å². The molecule has 29 heavy (non-hydrogen) atoms. The number of nitrogens with zero attached hydrogens (tertiary/aromatic N) is 2. The smallest absolute Gasteiger partial charge is 0.387 e. The summed E-state index contributed by atoms with van der Waals surface area (Å²) in [6, 6.07) is 6.90. The fourth-order valence-electron chi connectivity index (χ4n) is 3.18. The number of rotatable bonds is 8. The highest BCUT2D eigenvalue weighted by molar-refractivity contribution is 5.84. The maximum absolute atomic E-state index is 12.7. The van der Waals surface area contributed by atoms with Gasteiger partial charge in [-0.15, -0.1) is 0 Å². The molecule has 1 aliphatic heterocycles. The van der Waals surface area contributed by atoms with Crippen LogP contribution in [0.2, 0.25) is 0 Å². The van der Waals surface area contributed by atoms with E-state index in [4.69, 9.17) is 0 Å². The van der Waals surface area contributed by atoms with Gasteiger partial charge in [0.2, 0.25) is 5.91 Å². The Hall–Kier alpha value is -2.58. The molecule has 1 fully saturated rings. The van der Waals surface area contributed by atoms with E-state index >= 15 is 0 Å². The van der Waals surface area contributed by atoms with Crippen molar-refractivity contribution in [2.45, 2.75) is 39.8 Å². The molecule has 0 saturated carbocycles. The van der Waals surface area contributed by atoms with Crippen molar-refractivity contribution in [2.75, 3.05) is 38.1 Å². The zero-order valence-electron chi connectivity index (χ0n) is 17.5. The second-order valence-corrected chi connectivity index (χ2v) is 7.59. The minimum absolute atomic E-state index is 0.0226. The zero-order valence-corrected chi connectivity index (χ0v) is 17.5. The number of para-hydroxylation sites is 2. The van der Waals surface area contributed by atoms with E-state index in [1.807, 2.05) is 25.7 Å². The lowest BCUT2D eigenvalue weighted by Gasteiger charge is -2.26. The summed E-state index contributed by atoms with van der Waals surface area (Å²) in [5, 5.41) is 9.38. The van der Waals surface area contributed by atoms with Crippen LogP contribution in [0.15, 0.2) is 29.3 Å². The lowest BCUT2D eigenvalue weighted by molar-refractivity contribution is -0.128. The van der Waals surface area contributed by atoms with Gasteiger partial charge in [0, 0.05) is 39.3 Å². The lowest BCUT2D eigenvalue weighted by atomic mass is 9.92. The monoisotopic (exact) mass is 411 g/mol. The van der Waals surface area contributed by atoms with Gasteiger partial charge in [0.25, 0.3) is 0 Å². The molecule has 2 rings (SSSR count). The zero-order chi connectivity index (χ0) is 21.4. The maximum atomic E-state index is 12.7. The third kappa shape index (κ3) is 6.47. The summed E-state index contributed by atoms with van der Waals surface area (Å²) >= 11 is 0. The highest BCUT2D eigenvalue weighted by atomic mass is 19.3. The molecule has 1 aliphatic rings. The van der Waals surface area contributed by atoms with Crippen LogP contribution in [0.1, 0.15) is 27.2 Å². The van der Waals surface area contributed by atoms with E-state index in [-0.39, 0.29) is 17.7 Å². The Bertz CT molecular complexity index is 712. The standard InChI is InChI=1S/C20H31F2N5O2/c1-5-24-17(28)20(2,3)13-25-19(23-4)26-14-10-11-27(12-14)15-8-6-7-9-16(15)29-18(21)22/h6-9,14,18H,5,10-13H2,1-4H3,(H,24,28)(H2,23,25,26). The number of guanidine groups is 1. The van der Waals surface area contributed by atoms with Crippen molar-refractivity contribution in [2.24, 2.45) is 10.4 Å². The highest BCUT2D eigenvalue weighted by Gasteiger charge is 2.29. The van der Waals surface area contributed by atoms with Crippen LogP contribution in [0.3, 0.4) is 0 Å². The van der Waals surface area contributed by atoms with E-state index in [2.05, 4.69) is 25.7 Å². The van der Waals surface area contributed by atoms with Crippen molar-refractivity contribution in [1.82, 2.24) is 16.0 Å². The number of halogens is 2. The molecule has 1 saturated heterocycles. The number of hydrogen-bond acceptors (Lipinski definition) is 4.